The van der Waals surface area contributed by atoms with Crippen molar-refractivity contribution in [2.45, 2.75) is 13.2 Å². The summed E-state index contributed by atoms with van der Waals surface area (Å²) in [5.41, 5.74) is 4.59. The first-order chi connectivity index (χ1) is 14.2. The van der Waals surface area contributed by atoms with Gasteiger partial charge in [0.1, 0.15) is 4.83 Å². The summed E-state index contributed by atoms with van der Waals surface area (Å²) in [6.45, 7) is 4.98. The van der Waals surface area contributed by atoms with Crippen LogP contribution in [0.15, 0.2) is 35.4 Å². The number of thiazole rings is 1. The SMILES string of the molecule is CC1=NNC(c2ccc(NC(=O)c3cc4sc(N5CCOCC5)nc4s3)cc2)O1. The number of rotatable bonds is 4. The minimum absolute atomic E-state index is 0.129. The molecule has 0 radical (unpaired) electrons. The van der Waals surface area contributed by atoms with Crippen LogP contribution in [-0.4, -0.2) is 43.1 Å². The molecule has 1 aromatic carbocycles. The van der Waals surface area contributed by atoms with E-state index in [4.69, 9.17) is 14.5 Å². The molecule has 8 nitrogen and oxygen atoms in total. The molecule has 5 rings (SSSR count). The Bertz CT molecular complexity index is 1040. The highest BCUT2D eigenvalue weighted by molar-refractivity contribution is 7.29. The van der Waals surface area contributed by atoms with Crippen LogP contribution in [0, 0.1) is 0 Å². The molecule has 4 heterocycles. The summed E-state index contributed by atoms with van der Waals surface area (Å²) in [6.07, 6.45) is -0.282. The maximum Gasteiger partial charge on any atom is 0.265 e. The molecule has 2 aromatic heterocycles. The second-order valence-corrected chi connectivity index (χ2v) is 8.75. The molecule has 2 aliphatic rings. The summed E-state index contributed by atoms with van der Waals surface area (Å²) in [5, 5.41) is 7.96. The number of carbonyl (C=O) groups excluding carboxylic acids is 1. The second-order valence-electron chi connectivity index (χ2n) is 6.71. The number of hydrogen-bond acceptors (Lipinski definition) is 9. The third-order valence-corrected chi connectivity index (χ3v) is 6.90. The molecule has 2 N–H and O–H groups in total. The van der Waals surface area contributed by atoms with Crippen LogP contribution in [0.25, 0.3) is 9.53 Å². The van der Waals surface area contributed by atoms with E-state index in [0.29, 0.717) is 10.8 Å². The predicted octanol–water partition coefficient (Wildman–Crippen LogP) is 3.40. The minimum Gasteiger partial charge on any atom is -0.451 e. The Kier molecular flexibility index (Phi) is 4.82. The average molecular weight is 430 g/mol. The normalized spacial score (nSPS) is 19.0. The molecule has 1 fully saturated rings. The van der Waals surface area contributed by atoms with Gasteiger partial charge in [0.25, 0.3) is 5.91 Å². The van der Waals surface area contributed by atoms with Crippen LogP contribution in [0.2, 0.25) is 0 Å². The number of ether oxygens (including phenoxy) is 2. The molecule has 0 bridgehead atoms. The molecule has 1 saturated heterocycles. The molecule has 10 heteroatoms. The molecular formula is C19H19N5O3S2. The van der Waals surface area contributed by atoms with Gasteiger partial charge in [0.05, 0.1) is 22.8 Å². The van der Waals surface area contributed by atoms with E-state index in [0.717, 1.165) is 52.2 Å². The highest BCUT2D eigenvalue weighted by Gasteiger charge is 2.20. The molecule has 0 aliphatic carbocycles. The summed E-state index contributed by atoms with van der Waals surface area (Å²) in [6, 6.07) is 9.45. The number of aromatic nitrogens is 1. The Morgan fingerprint density at radius 2 is 2.03 bits per heavy atom. The Morgan fingerprint density at radius 3 is 2.72 bits per heavy atom. The van der Waals surface area contributed by atoms with Crippen LogP contribution in [0.3, 0.4) is 0 Å². The quantitative estimate of drug-likeness (QED) is 0.661. The van der Waals surface area contributed by atoms with Gasteiger partial charge in [0.15, 0.2) is 5.13 Å². The fourth-order valence-corrected chi connectivity index (χ4v) is 5.33. The van der Waals surface area contributed by atoms with E-state index in [1.54, 1.807) is 18.3 Å². The summed E-state index contributed by atoms with van der Waals surface area (Å²) >= 11 is 3.04. The lowest BCUT2D eigenvalue weighted by atomic mass is 10.2. The van der Waals surface area contributed by atoms with Crippen molar-refractivity contribution in [2.24, 2.45) is 5.10 Å². The standard InChI is InChI=1S/C19H19N5O3S2/c1-11-22-23-17(27-11)12-2-4-13(5-3-12)20-16(25)14-10-15-18(28-14)21-19(29-15)24-6-8-26-9-7-24/h2-5,10,17,23H,6-9H2,1H3,(H,20,25). The zero-order valence-electron chi connectivity index (χ0n) is 15.7. The highest BCUT2D eigenvalue weighted by Crippen LogP contribution is 2.35. The van der Waals surface area contributed by atoms with Gasteiger partial charge in [-0.25, -0.2) is 4.98 Å². The van der Waals surface area contributed by atoms with Gasteiger partial charge in [-0.2, -0.15) is 0 Å². The van der Waals surface area contributed by atoms with E-state index in [2.05, 4.69) is 20.7 Å². The molecule has 1 unspecified atom stereocenters. The van der Waals surface area contributed by atoms with Crippen LogP contribution in [-0.2, 0) is 9.47 Å². The second kappa shape index (κ2) is 7.62. The van der Waals surface area contributed by atoms with Crippen LogP contribution < -0.4 is 15.6 Å². The van der Waals surface area contributed by atoms with Crippen molar-refractivity contribution in [3.63, 3.8) is 0 Å². The number of anilines is 2. The van der Waals surface area contributed by atoms with Crippen molar-refractivity contribution in [1.29, 1.82) is 0 Å². The lowest BCUT2D eigenvalue weighted by Gasteiger charge is -2.25. The maximum atomic E-state index is 12.6. The number of carbonyl (C=O) groups is 1. The first-order valence-corrected chi connectivity index (χ1v) is 10.9. The molecule has 150 valence electrons. The number of amides is 1. The Hall–Kier alpha value is -2.69. The molecule has 2 aliphatic heterocycles. The average Bonchev–Trinajstić information content (AvgIpc) is 3.44. The third kappa shape index (κ3) is 3.78. The topological polar surface area (TPSA) is 88.1 Å². The first kappa shape index (κ1) is 18.3. The van der Waals surface area contributed by atoms with Crippen LogP contribution in [0.5, 0.6) is 0 Å². The maximum absolute atomic E-state index is 12.6. The number of hydrogen-bond donors (Lipinski definition) is 2. The van der Waals surface area contributed by atoms with Crippen LogP contribution in [0.4, 0.5) is 10.8 Å². The van der Waals surface area contributed by atoms with Gasteiger partial charge in [0.2, 0.25) is 12.1 Å². The smallest absolute Gasteiger partial charge is 0.265 e. The number of fused-ring (bicyclic) bond motifs is 1. The number of hydrazone groups is 1. The monoisotopic (exact) mass is 429 g/mol. The van der Waals surface area contributed by atoms with E-state index in [-0.39, 0.29) is 12.1 Å². The van der Waals surface area contributed by atoms with E-state index < -0.39 is 0 Å². The van der Waals surface area contributed by atoms with E-state index >= 15 is 0 Å². The molecule has 3 aromatic rings. The van der Waals surface area contributed by atoms with E-state index in [9.17, 15) is 4.79 Å². The van der Waals surface area contributed by atoms with Crippen molar-refractivity contribution in [3.8, 4) is 0 Å². The van der Waals surface area contributed by atoms with Crippen LogP contribution in [0.1, 0.15) is 28.4 Å². The largest absolute Gasteiger partial charge is 0.451 e. The molecule has 29 heavy (non-hydrogen) atoms. The van der Waals surface area contributed by atoms with Crippen molar-refractivity contribution < 1.29 is 14.3 Å². The Balaban J connectivity index is 1.25. The Morgan fingerprint density at radius 1 is 1.24 bits per heavy atom. The molecular weight excluding hydrogens is 410 g/mol. The molecule has 1 amide bonds. The number of benzene rings is 1. The molecule has 1 atom stereocenters. The van der Waals surface area contributed by atoms with Gasteiger partial charge in [0, 0.05) is 31.3 Å². The lowest BCUT2D eigenvalue weighted by molar-refractivity contribution is 0.103. The highest BCUT2D eigenvalue weighted by atomic mass is 32.1. The first-order valence-electron chi connectivity index (χ1n) is 9.26. The van der Waals surface area contributed by atoms with Gasteiger partial charge in [-0.15, -0.1) is 16.4 Å². The summed E-state index contributed by atoms with van der Waals surface area (Å²) < 4.78 is 12.0. The number of nitrogens with one attached hydrogen (secondary N) is 2. The van der Waals surface area contributed by atoms with Gasteiger partial charge in [-0.1, -0.05) is 23.5 Å². The fourth-order valence-electron chi connectivity index (χ4n) is 3.17. The summed E-state index contributed by atoms with van der Waals surface area (Å²) in [4.78, 5) is 21.1. The summed E-state index contributed by atoms with van der Waals surface area (Å²) in [7, 11) is 0. The minimum atomic E-state index is -0.282. The number of morpholine rings is 1. The zero-order chi connectivity index (χ0) is 19.8. The van der Waals surface area contributed by atoms with Gasteiger partial charge in [-0.3, -0.25) is 10.2 Å². The van der Waals surface area contributed by atoms with Crippen molar-refractivity contribution in [1.82, 2.24) is 10.4 Å². The molecule has 0 spiro atoms. The van der Waals surface area contributed by atoms with Crippen LogP contribution >= 0.6 is 22.7 Å². The van der Waals surface area contributed by atoms with Gasteiger partial charge < -0.3 is 19.7 Å². The van der Waals surface area contributed by atoms with Crippen molar-refractivity contribution >= 4 is 54.8 Å². The van der Waals surface area contributed by atoms with E-state index in [1.807, 2.05) is 30.3 Å². The van der Waals surface area contributed by atoms with Crippen molar-refractivity contribution in [2.75, 3.05) is 36.5 Å². The number of thiophene rings is 1. The van der Waals surface area contributed by atoms with Gasteiger partial charge in [-0.05, 0) is 18.2 Å². The summed E-state index contributed by atoms with van der Waals surface area (Å²) in [5.74, 6) is 0.478. The van der Waals surface area contributed by atoms with Crippen molar-refractivity contribution in [3.05, 3.63) is 40.8 Å². The fraction of sp³-hybridized carbons (Fsp3) is 0.316. The zero-order valence-corrected chi connectivity index (χ0v) is 17.3. The van der Waals surface area contributed by atoms with Gasteiger partial charge >= 0.3 is 0 Å². The molecule has 0 saturated carbocycles. The van der Waals surface area contributed by atoms with E-state index in [1.165, 1.54) is 11.3 Å². The third-order valence-electron chi connectivity index (χ3n) is 4.68. The lowest BCUT2D eigenvalue weighted by Crippen LogP contribution is -2.36. The Labute approximate surface area is 175 Å². The predicted molar refractivity (Wildman–Crippen MR) is 115 cm³/mol. The number of nitrogens with zero attached hydrogens (tertiary/aromatic N) is 3.